The van der Waals surface area contributed by atoms with Crippen LogP contribution in [0.1, 0.15) is 25.1 Å². The summed E-state index contributed by atoms with van der Waals surface area (Å²) in [7, 11) is 1.76. The Kier molecular flexibility index (Phi) is 2.96. The first-order chi connectivity index (χ1) is 7.63. The topological polar surface area (TPSA) is 73.1 Å². The van der Waals surface area contributed by atoms with Crippen LogP contribution < -0.4 is 11.1 Å². The lowest BCUT2D eigenvalue weighted by molar-refractivity contribution is -0.0601. The van der Waals surface area contributed by atoms with Crippen LogP contribution in [-0.4, -0.2) is 29.2 Å². The van der Waals surface area contributed by atoms with E-state index in [-0.39, 0.29) is 5.60 Å². The zero-order chi connectivity index (χ0) is 11.6. The Morgan fingerprint density at radius 2 is 2.25 bits per heavy atom. The molecule has 0 amide bonds. The Morgan fingerprint density at radius 3 is 2.75 bits per heavy atom. The van der Waals surface area contributed by atoms with E-state index in [9.17, 15) is 0 Å². The molecule has 0 atom stereocenters. The first-order valence-corrected chi connectivity index (χ1v) is 5.54. The van der Waals surface area contributed by atoms with Crippen molar-refractivity contribution < 1.29 is 4.74 Å². The van der Waals surface area contributed by atoms with Crippen LogP contribution in [0.4, 0.5) is 11.6 Å². The van der Waals surface area contributed by atoms with Crippen molar-refractivity contribution in [2.45, 2.75) is 31.8 Å². The standard InChI is InChI=1S/C11H18N4O/c1-8-14-9(12)6-10(15-8)13-7-11(16-2)4-3-5-11/h6H,3-5,7H2,1-2H3,(H3,12,13,14,15). The third kappa shape index (κ3) is 2.24. The minimum absolute atomic E-state index is 0.00633. The molecule has 1 heterocycles. The molecule has 0 bridgehead atoms. The van der Waals surface area contributed by atoms with Crippen LogP contribution in [-0.2, 0) is 4.74 Å². The largest absolute Gasteiger partial charge is 0.384 e. The van der Waals surface area contributed by atoms with Gasteiger partial charge in [0, 0.05) is 19.7 Å². The molecule has 2 rings (SSSR count). The molecule has 5 heteroatoms. The number of methoxy groups -OCH3 is 1. The van der Waals surface area contributed by atoms with Gasteiger partial charge in [-0.1, -0.05) is 0 Å². The number of nitrogens with zero attached hydrogens (tertiary/aromatic N) is 2. The predicted molar refractivity (Wildman–Crippen MR) is 63.3 cm³/mol. The van der Waals surface area contributed by atoms with Crippen LogP contribution in [0.3, 0.4) is 0 Å². The van der Waals surface area contributed by atoms with Gasteiger partial charge < -0.3 is 15.8 Å². The number of nitrogens with one attached hydrogen (secondary N) is 1. The minimum atomic E-state index is -0.00633. The van der Waals surface area contributed by atoms with Gasteiger partial charge >= 0.3 is 0 Å². The van der Waals surface area contributed by atoms with Crippen LogP contribution in [0, 0.1) is 6.92 Å². The number of anilines is 2. The van der Waals surface area contributed by atoms with Gasteiger partial charge in [0.1, 0.15) is 17.5 Å². The van der Waals surface area contributed by atoms with Crippen LogP contribution in [0.15, 0.2) is 6.07 Å². The van der Waals surface area contributed by atoms with Gasteiger partial charge in [0.15, 0.2) is 0 Å². The molecule has 1 fully saturated rings. The maximum absolute atomic E-state index is 5.66. The number of rotatable bonds is 4. The van der Waals surface area contributed by atoms with E-state index in [1.54, 1.807) is 13.2 Å². The molecule has 1 aliphatic rings. The van der Waals surface area contributed by atoms with E-state index in [4.69, 9.17) is 10.5 Å². The summed E-state index contributed by atoms with van der Waals surface area (Å²) >= 11 is 0. The zero-order valence-corrected chi connectivity index (χ0v) is 9.79. The van der Waals surface area contributed by atoms with Gasteiger partial charge in [-0.05, 0) is 26.2 Å². The fraction of sp³-hybridized carbons (Fsp3) is 0.636. The maximum atomic E-state index is 5.66. The number of aryl methyl sites for hydroxylation is 1. The molecule has 88 valence electrons. The second kappa shape index (κ2) is 4.25. The van der Waals surface area contributed by atoms with Gasteiger partial charge in [0.05, 0.1) is 5.60 Å². The van der Waals surface area contributed by atoms with Gasteiger partial charge in [-0.25, -0.2) is 9.97 Å². The Bertz CT molecular complexity index is 350. The highest BCUT2D eigenvalue weighted by Crippen LogP contribution is 2.34. The molecular weight excluding hydrogens is 204 g/mol. The van der Waals surface area contributed by atoms with E-state index < -0.39 is 0 Å². The number of ether oxygens (including phenoxy) is 1. The number of nitrogens with two attached hydrogens (primary N) is 1. The lowest BCUT2D eigenvalue weighted by Crippen LogP contribution is -2.45. The van der Waals surface area contributed by atoms with Gasteiger partial charge in [-0.2, -0.15) is 0 Å². The number of hydrogen-bond donors (Lipinski definition) is 2. The molecule has 3 N–H and O–H groups in total. The molecule has 5 nitrogen and oxygen atoms in total. The first kappa shape index (κ1) is 11.1. The van der Waals surface area contributed by atoms with E-state index in [0.717, 1.165) is 25.2 Å². The smallest absolute Gasteiger partial charge is 0.131 e. The fourth-order valence-corrected chi connectivity index (χ4v) is 1.96. The molecule has 0 unspecified atom stereocenters. The molecule has 1 saturated carbocycles. The summed E-state index contributed by atoms with van der Waals surface area (Å²) in [5.74, 6) is 1.95. The van der Waals surface area contributed by atoms with Crippen molar-refractivity contribution in [1.29, 1.82) is 0 Å². The first-order valence-electron chi connectivity index (χ1n) is 5.54. The highest BCUT2D eigenvalue weighted by molar-refractivity contribution is 5.44. The lowest BCUT2D eigenvalue weighted by atomic mass is 9.80. The third-order valence-electron chi connectivity index (χ3n) is 3.15. The van der Waals surface area contributed by atoms with Crippen LogP contribution in [0.2, 0.25) is 0 Å². The van der Waals surface area contributed by atoms with Crippen molar-refractivity contribution in [2.75, 3.05) is 24.7 Å². The Morgan fingerprint density at radius 1 is 1.50 bits per heavy atom. The van der Waals surface area contributed by atoms with E-state index in [2.05, 4.69) is 15.3 Å². The van der Waals surface area contributed by atoms with Crippen LogP contribution >= 0.6 is 0 Å². The van der Waals surface area contributed by atoms with E-state index >= 15 is 0 Å². The van der Waals surface area contributed by atoms with Crippen molar-refractivity contribution >= 4 is 11.6 Å². The average Bonchev–Trinajstić information content (AvgIpc) is 2.15. The summed E-state index contributed by atoms with van der Waals surface area (Å²) in [4.78, 5) is 8.30. The molecule has 0 saturated heterocycles. The Labute approximate surface area is 95.4 Å². The summed E-state index contributed by atoms with van der Waals surface area (Å²) in [5, 5.41) is 3.26. The molecule has 0 aromatic carbocycles. The number of aromatic nitrogens is 2. The zero-order valence-electron chi connectivity index (χ0n) is 9.79. The molecule has 1 aromatic heterocycles. The van der Waals surface area contributed by atoms with Gasteiger partial charge in [0.25, 0.3) is 0 Å². The van der Waals surface area contributed by atoms with Gasteiger partial charge in [-0.15, -0.1) is 0 Å². The van der Waals surface area contributed by atoms with Crippen molar-refractivity contribution in [3.63, 3.8) is 0 Å². The number of hydrogen-bond acceptors (Lipinski definition) is 5. The summed E-state index contributed by atoms with van der Waals surface area (Å²) in [5.41, 5.74) is 5.65. The van der Waals surface area contributed by atoms with Crippen molar-refractivity contribution in [1.82, 2.24) is 9.97 Å². The summed E-state index contributed by atoms with van der Waals surface area (Å²) < 4.78 is 5.52. The quantitative estimate of drug-likeness (QED) is 0.804. The summed E-state index contributed by atoms with van der Waals surface area (Å²) in [6, 6.07) is 1.75. The lowest BCUT2D eigenvalue weighted by Gasteiger charge is -2.40. The van der Waals surface area contributed by atoms with E-state index in [1.165, 1.54) is 6.42 Å². The fourth-order valence-electron chi connectivity index (χ4n) is 1.96. The van der Waals surface area contributed by atoms with Gasteiger partial charge in [0.2, 0.25) is 0 Å². The molecule has 1 aliphatic carbocycles. The highest BCUT2D eigenvalue weighted by atomic mass is 16.5. The summed E-state index contributed by atoms with van der Waals surface area (Å²) in [6.07, 6.45) is 3.45. The normalized spacial score (nSPS) is 17.9. The molecule has 0 radical (unpaired) electrons. The van der Waals surface area contributed by atoms with Crippen LogP contribution in [0.5, 0.6) is 0 Å². The molecule has 0 aliphatic heterocycles. The van der Waals surface area contributed by atoms with Crippen molar-refractivity contribution in [3.05, 3.63) is 11.9 Å². The molecule has 1 aromatic rings. The predicted octanol–water partition coefficient (Wildman–Crippen LogP) is 1.35. The summed E-state index contributed by atoms with van der Waals surface area (Å²) in [6.45, 7) is 2.61. The second-order valence-electron chi connectivity index (χ2n) is 4.32. The maximum Gasteiger partial charge on any atom is 0.131 e. The SMILES string of the molecule is COC1(CNc2cc(N)nc(C)n2)CCC1. The van der Waals surface area contributed by atoms with E-state index in [1.807, 2.05) is 6.92 Å². The van der Waals surface area contributed by atoms with E-state index in [0.29, 0.717) is 11.6 Å². The Hall–Kier alpha value is -1.36. The molecule has 16 heavy (non-hydrogen) atoms. The Balaban J connectivity index is 1.98. The van der Waals surface area contributed by atoms with Crippen molar-refractivity contribution in [2.24, 2.45) is 0 Å². The molecule has 0 spiro atoms. The number of nitrogen functional groups attached to an aromatic ring is 1. The highest BCUT2D eigenvalue weighted by Gasteiger charge is 2.36. The average molecular weight is 222 g/mol. The van der Waals surface area contributed by atoms with Gasteiger partial charge in [-0.3, -0.25) is 0 Å². The van der Waals surface area contributed by atoms with Crippen molar-refractivity contribution in [3.8, 4) is 0 Å². The minimum Gasteiger partial charge on any atom is -0.384 e. The monoisotopic (exact) mass is 222 g/mol. The second-order valence-corrected chi connectivity index (χ2v) is 4.32. The third-order valence-corrected chi connectivity index (χ3v) is 3.15. The molecular formula is C11H18N4O. The van der Waals surface area contributed by atoms with Crippen LogP contribution in [0.25, 0.3) is 0 Å².